The Labute approximate surface area is 225 Å². The van der Waals surface area contributed by atoms with Crippen LogP contribution in [0.3, 0.4) is 0 Å². The van der Waals surface area contributed by atoms with E-state index in [1.165, 1.54) is 6.33 Å². The van der Waals surface area contributed by atoms with Crippen molar-refractivity contribution in [3.63, 3.8) is 0 Å². The van der Waals surface area contributed by atoms with E-state index in [-0.39, 0.29) is 12.1 Å². The van der Waals surface area contributed by atoms with Crippen molar-refractivity contribution in [2.45, 2.75) is 32.4 Å². The number of pyridine rings is 2. The van der Waals surface area contributed by atoms with Gasteiger partial charge in [-0.15, -0.1) is 0 Å². The number of carbonyl (C=O) groups excluding carboxylic acids is 1. The lowest BCUT2D eigenvalue weighted by molar-refractivity contribution is 0.0196. The van der Waals surface area contributed by atoms with Gasteiger partial charge in [-0.3, -0.25) is 0 Å². The first-order chi connectivity index (χ1) is 18.2. The molecule has 1 N–H and O–H groups in total. The smallest absolute Gasteiger partial charge is 0.410 e. The van der Waals surface area contributed by atoms with Gasteiger partial charge in [-0.2, -0.15) is 0 Å². The van der Waals surface area contributed by atoms with Crippen LogP contribution in [0.2, 0.25) is 5.02 Å². The average Bonchev–Trinajstić information content (AvgIpc) is 2.84. The number of amides is 1. The predicted octanol–water partition coefficient (Wildman–Crippen LogP) is 5.66. The monoisotopic (exact) mass is 533 g/mol. The topological polar surface area (TPSA) is 106 Å². The number of likely N-dealkylation sites (N-methyl/N-ethyl adjacent to an activating group) is 1. The summed E-state index contributed by atoms with van der Waals surface area (Å²) in [4.78, 5) is 34.0. The Morgan fingerprint density at radius 2 is 1.87 bits per heavy atom. The second-order valence-corrected chi connectivity index (χ2v) is 10.4. The van der Waals surface area contributed by atoms with Gasteiger partial charge >= 0.3 is 6.09 Å². The maximum atomic E-state index is 12.4. The quantitative estimate of drug-likeness (QED) is 0.335. The molecule has 1 aliphatic rings. The number of nitrogens with zero attached hydrogens (tertiary/aromatic N) is 6. The minimum Gasteiger partial charge on any atom is -0.444 e. The van der Waals surface area contributed by atoms with E-state index in [0.29, 0.717) is 52.3 Å². The lowest BCUT2D eigenvalue weighted by atomic mass is 10.1. The van der Waals surface area contributed by atoms with Crippen molar-refractivity contribution >= 4 is 46.1 Å². The van der Waals surface area contributed by atoms with Crippen molar-refractivity contribution in [3.8, 4) is 11.6 Å². The van der Waals surface area contributed by atoms with Gasteiger partial charge in [0.15, 0.2) is 5.82 Å². The molecule has 0 saturated carbocycles. The summed E-state index contributed by atoms with van der Waals surface area (Å²) < 4.78 is 11.2. The molecule has 38 heavy (non-hydrogen) atoms. The zero-order valence-corrected chi connectivity index (χ0v) is 22.3. The molecule has 1 fully saturated rings. The summed E-state index contributed by atoms with van der Waals surface area (Å²) in [5, 5.41) is 3.59. The Hall–Kier alpha value is -4.18. The van der Waals surface area contributed by atoms with E-state index < -0.39 is 5.60 Å². The first kappa shape index (κ1) is 25.5. The van der Waals surface area contributed by atoms with E-state index in [4.69, 9.17) is 26.1 Å². The van der Waals surface area contributed by atoms with Gasteiger partial charge in [0.1, 0.15) is 34.0 Å². The summed E-state index contributed by atoms with van der Waals surface area (Å²) in [5.74, 6) is 2.24. The molecule has 0 aliphatic carbocycles. The SMILES string of the molecule is CN(C(=O)OC(C)(C)C)C1CN(c2ccc3ncnc(Nc4cnc(Oc5ccccc5)c(Cl)c4)c3n2)C1. The van der Waals surface area contributed by atoms with Crippen LogP contribution < -0.4 is 15.0 Å². The number of hydrogen-bond acceptors (Lipinski definition) is 9. The van der Waals surface area contributed by atoms with Crippen molar-refractivity contribution in [2.24, 2.45) is 0 Å². The van der Waals surface area contributed by atoms with Crippen LogP contribution in [0.5, 0.6) is 11.6 Å². The summed E-state index contributed by atoms with van der Waals surface area (Å²) in [6.07, 6.45) is 2.76. The van der Waals surface area contributed by atoms with Crippen molar-refractivity contribution in [1.82, 2.24) is 24.8 Å². The van der Waals surface area contributed by atoms with Gasteiger partial charge in [0.05, 0.1) is 23.4 Å². The highest BCUT2D eigenvalue weighted by Gasteiger charge is 2.35. The number of benzene rings is 1. The first-order valence-electron chi connectivity index (χ1n) is 12.1. The fourth-order valence-corrected chi connectivity index (χ4v) is 4.08. The van der Waals surface area contributed by atoms with Gasteiger partial charge in [-0.25, -0.2) is 24.7 Å². The Morgan fingerprint density at radius 3 is 2.58 bits per heavy atom. The third kappa shape index (κ3) is 5.70. The van der Waals surface area contributed by atoms with Gasteiger partial charge < -0.3 is 24.6 Å². The third-order valence-electron chi connectivity index (χ3n) is 5.91. The van der Waals surface area contributed by atoms with Crippen LogP contribution in [0.4, 0.5) is 22.1 Å². The molecule has 11 heteroatoms. The zero-order chi connectivity index (χ0) is 26.9. The van der Waals surface area contributed by atoms with Crippen molar-refractivity contribution in [3.05, 3.63) is 66.1 Å². The number of nitrogens with one attached hydrogen (secondary N) is 1. The summed E-state index contributed by atoms with van der Waals surface area (Å²) >= 11 is 6.43. The van der Waals surface area contributed by atoms with Crippen molar-refractivity contribution < 1.29 is 14.3 Å². The number of aromatic nitrogens is 4. The van der Waals surface area contributed by atoms with Gasteiger partial charge in [0.25, 0.3) is 0 Å². The molecule has 4 heterocycles. The summed E-state index contributed by atoms with van der Waals surface area (Å²) in [5.41, 5.74) is 1.39. The standard InChI is InChI=1S/C27H28ClN7O3/c1-27(2,3)38-26(36)34(4)18-14-35(15-18)22-11-10-21-23(33-22)24(31-16-30-21)32-17-12-20(28)25(29-13-17)37-19-8-6-5-7-9-19/h5-13,16,18H,14-15H2,1-4H3,(H,30,31,32). The molecule has 0 spiro atoms. The minimum absolute atomic E-state index is 0.0387. The van der Waals surface area contributed by atoms with E-state index >= 15 is 0 Å². The Bertz CT molecular complexity index is 1460. The highest BCUT2D eigenvalue weighted by atomic mass is 35.5. The Morgan fingerprint density at radius 1 is 1.11 bits per heavy atom. The number of hydrogen-bond donors (Lipinski definition) is 1. The molecule has 0 atom stereocenters. The molecule has 10 nitrogen and oxygen atoms in total. The van der Waals surface area contributed by atoms with E-state index in [1.54, 1.807) is 24.2 Å². The van der Waals surface area contributed by atoms with Crippen LogP contribution in [-0.4, -0.2) is 62.7 Å². The molecule has 0 radical (unpaired) electrons. The zero-order valence-electron chi connectivity index (χ0n) is 21.6. The number of para-hydroxylation sites is 1. The molecule has 3 aromatic heterocycles. The lowest BCUT2D eigenvalue weighted by Crippen LogP contribution is -2.60. The van der Waals surface area contributed by atoms with Gasteiger partial charge in [-0.1, -0.05) is 29.8 Å². The van der Waals surface area contributed by atoms with Crippen molar-refractivity contribution in [2.75, 3.05) is 30.4 Å². The Kier molecular flexibility index (Phi) is 6.90. The van der Waals surface area contributed by atoms with Crippen LogP contribution >= 0.6 is 11.6 Å². The number of anilines is 3. The lowest BCUT2D eigenvalue weighted by Gasteiger charge is -2.44. The second kappa shape index (κ2) is 10.3. The number of halogens is 1. The number of fused-ring (bicyclic) bond motifs is 1. The molecule has 1 amide bonds. The van der Waals surface area contributed by atoms with Gasteiger partial charge in [0, 0.05) is 20.1 Å². The van der Waals surface area contributed by atoms with Gasteiger partial charge in [0.2, 0.25) is 5.88 Å². The molecule has 0 bridgehead atoms. The summed E-state index contributed by atoms with van der Waals surface area (Å²) in [7, 11) is 1.76. The summed E-state index contributed by atoms with van der Waals surface area (Å²) in [6, 6.07) is 14.9. The fraction of sp³-hybridized carbons (Fsp3) is 0.296. The van der Waals surface area contributed by atoms with E-state index in [1.807, 2.05) is 63.2 Å². The van der Waals surface area contributed by atoms with Crippen LogP contribution in [-0.2, 0) is 4.74 Å². The maximum absolute atomic E-state index is 12.4. The molecule has 0 unspecified atom stereocenters. The van der Waals surface area contributed by atoms with Crippen molar-refractivity contribution in [1.29, 1.82) is 0 Å². The van der Waals surface area contributed by atoms with Gasteiger partial charge in [-0.05, 0) is 51.1 Å². The molecule has 1 saturated heterocycles. The van der Waals surface area contributed by atoms with E-state index in [0.717, 1.165) is 5.82 Å². The van der Waals surface area contributed by atoms with E-state index in [2.05, 4.69) is 25.2 Å². The minimum atomic E-state index is -0.535. The maximum Gasteiger partial charge on any atom is 0.410 e. The van der Waals surface area contributed by atoms with E-state index in [9.17, 15) is 4.79 Å². The molecular weight excluding hydrogens is 506 g/mol. The Balaban J connectivity index is 1.29. The second-order valence-electron chi connectivity index (χ2n) is 9.96. The van der Waals surface area contributed by atoms with Crippen LogP contribution in [0.15, 0.2) is 61.1 Å². The highest BCUT2D eigenvalue weighted by Crippen LogP contribution is 2.31. The third-order valence-corrected chi connectivity index (χ3v) is 6.18. The molecule has 4 aromatic rings. The molecule has 1 aliphatic heterocycles. The number of rotatable bonds is 6. The van der Waals surface area contributed by atoms with Crippen LogP contribution in [0, 0.1) is 0 Å². The molecule has 5 rings (SSSR count). The molecular formula is C27H28ClN7O3. The number of carbonyl (C=O) groups is 1. The predicted molar refractivity (Wildman–Crippen MR) is 146 cm³/mol. The highest BCUT2D eigenvalue weighted by molar-refractivity contribution is 6.32. The van der Waals surface area contributed by atoms with Crippen LogP contribution in [0.25, 0.3) is 11.0 Å². The largest absolute Gasteiger partial charge is 0.444 e. The number of ether oxygens (including phenoxy) is 2. The normalized spacial score (nSPS) is 13.7. The summed E-state index contributed by atoms with van der Waals surface area (Å²) in [6.45, 7) is 6.86. The van der Waals surface area contributed by atoms with Crippen LogP contribution in [0.1, 0.15) is 20.8 Å². The molecule has 1 aromatic carbocycles. The fourth-order valence-electron chi connectivity index (χ4n) is 3.87. The first-order valence-corrected chi connectivity index (χ1v) is 12.5. The average molecular weight is 534 g/mol. The molecule has 196 valence electrons.